The van der Waals surface area contributed by atoms with Gasteiger partial charge in [-0.05, 0) is 37.6 Å². The number of ketones is 1. The number of para-hydroxylation sites is 2. The van der Waals surface area contributed by atoms with Gasteiger partial charge in [0.1, 0.15) is 0 Å². The van der Waals surface area contributed by atoms with Crippen LogP contribution < -0.4 is 5.32 Å². The van der Waals surface area contributed by atoms with E-state index < -0.39 is 0 Å². The van der Waals surface area contributed by atoms with Gasteiger partial charge in [0.2, 0.25) is 0 Å². The van der Waals surface area contributed by atoms with Crippen molar-refractivity contribution in [2.45, 2.75) is 25.7 Å². The summed E-state index contributed by atoms with van der Waals surface area (Å²) in [5, 5.41) is 3.44. The summed E-state index contributed by atoms with van der Waals surface area (Å²) in [4.78, 5) is 19.6. The van der Waals surface area contributed by atoms with Crippen LogP contribution in [0.25, 0.3) is 0 Å². The Kier molecular flexibility index (Phi) is 3.19. The quantitative estimate of drug-likeness (QED) is 0.837. The third kappa shape index (κ3) is 2.29. The molecule has 1 aliphatic carbocycles. The number of rotatable bonds is 1. The van der Waals surface area contributed by atoms with E-state index in [0.717, 1.165) is 29.1 Å². The maximum absolute atomic E-state index is 12.5. The van der Waals surface area contributed by atoms with Crippen LogP contribution in [0.1, 0.15) is 28.5 Å². The van der Waals surface area contributed by atoms with Crippen molar-refractivity contribution in [2.75, 3.05) is 5.32 Å². The number of aliphatic imine (C=N–C) groups is 1. The van der Waals surface area contributed by atoms with Gasteiger partial charge >= 0.3 is 0 Å². The fourth-order valence-electron chi connectivity index (χ4n) is 3.06. The molecule has 1 aromatic carbocycles. The van der Waals surface area contributed by atoms with Crippen molar-refractivity contribution >= 4 is 34.7 Å². The average Bonchev–Trinajstić information content (AvgIpc) is 2.85. The van der Waals surface area contributed by atoms with Crippen LogP contribution in [0, 0.1) is 6.92 Å². The first kappa shape index (κ1) is 13.5. The van der Waals surface area contributed by atoms with Crippen molar-refractivity contribution in [3.63, 3.8) is 0 Å². The van der Waals surface area contributed by atoms with Crippen molar-refractivity contribution < 1.29 is 4.79 Å². The van der Waals surface area contributed by atoms with Crippen molar-refractivity contribution in [3.05, 3.63) is 57.4 Å². The van der Waals surface area contributed by atoms with Gasteiger partial charge < -0.3 is 5.32 Å². The van der Waals surface area contributed by atoms with Gasteiger partial charge in [-0.15, -0.1) is 11.3 Å². The molecule has 1 aliphatic heterocycles. The highest BCUT2D eigenvalue weighted by Gasteiger charge is 2.29. The van der Waals surface area contributed by atoms with E-state index in [0.29, 0.717) is 6.42 Å². The van der Waals surface area contributed by atoms with Gasteiger partial charge in [0.05, 0.1) is 16.9 Å². The van der Waals surface area contributed by atoms with Crippen LogP contribution in [-0.4, -0.2) is 12.0 Å². The highest BCUT2D eigenvalue weighted by Crippen LogP contribution is 2.39. The Bertz CT molecular complexity index is 816. The number of fused-ring (bicyclic) bond motifs is 1. The Labute approximate surface area is 133 Å². The number of thiophene rings is 1. The predicted molar refractivity (Wildman–Crippen MR) is 91.3 cm³/mol. The van der Waals surface area contributed by atoms with E-state index in [4.69, 9.17) is 0 Å². The van der Waals surface area contributed by atoms with Gasteiger partial charge in [-0.2, -0.15) is 0 Å². The molecule has 4 rings (SSSR count). The molecule has 0 radical (unpaired) electrons. The molecule has 1 atom stereocenters. The molecule has 2 heterocycles. The zero-order valence-corrected chi connectivity index (χ0v) is 13.1. The fraction of sp³-hybridized carbons (Fsp3) is 0.222. The smallest absolute Gasteiger partial charge is 0.166 e. The van der Waals surface area contributed by atoms with Crippen LogP contribution >= 0.6 is 11.3 Å². The van der Waals surface area contributed by atoms with E-state index in [-0.39, 0.29) is 11.7 Å². The summed E-state index contributed by atoms with van der Waals surface area (Å²) in [6.07, 6.45) is 3.16. The second-order valence-corrected chi connectivity index (χ2v) is 7.09. The number of benzene rings is 1. The number of allylic oxidation sites excluding steroid dienone is 2. The molecule has 22 heavy (non-hydrogen) atoms. The molecule has 0 amide bonds. The van der Waals surface area contributed by atoms with Crippen LogP contribution in [0.15, 0.2) is 52.7 Å². The van der Waals surface area contributed by atoms with Crippen LogP contribution in [0.5, 0.6) is 0 Å². The minimum atomic E-state index is 0.182. The molecule has 1 aromatic heterocycles. The summed E-state index contributed by atoms with van der Waals surface area (Å²) < 4.78 is 0. The summed E-state index contributed by atoms with van der Waals surface area (Å²) in [7, 11) is 0. The van der Waals surface area contributed by atoms with E-state index in [1.165, 1.54) is 9.75 Å². The number of carbonyl (C=O) groups is 1. The van der Waals surface area contributed by atoms with Crippen molar-refractivity contribution in [2.24, 2.45) is 4.99 Å². The first-order valence-electron chi connectivity index (χ1n) is 7.43. The maximum atomic E-state index is 12.5. The van der Waals surface area contributed by atoms with E-state index in [2.05, 4.69) is 29.4 Å². The van der Waals surface area contributed by atoms with Crippen LogP contribution in [0.3, 0.4) is 0 Å². The standard InChI is InChI=1S/C18H16N2OS/c1-11-6-7-18(22-11)12-8-16-13(17(21)9-12)10-19-14-4-2-3-5-15(14)20-16/h2-7,10,12,20H,8-9H2,1H3/t12-/m1/s1. The van der Waals surface area contributed by atoms with Gasteiger partial charge in [-0.1, -0.05) is 12.1 Å². The molecule has 0 unspecified atom stereocenters. The Hall–Kier alpha value is -2.20. The Balaban J connectivity index is 1.71. The third-order valence-corrected chi connectivity index (χ3v) is 5.36. The number of hydrogen-bond donors (Lipinski definition) is 1. The van der Waals surface area contributed by atoms with Gasteiger partial charge in [-0.3, -0.25) is 9.79 Å². The third-order valence-electron chi connectivity index (χ3n) is 4.19. The lowest BCUT2D eigenvalue weighted by Crippen LogP contribution is -2.21. The molecular formula is C18H16N2OS. The van der Waals surface area contributed by atoms with Crippen molar-refractivity contribution in [1.29, 1.82) is 0 Å². The molecule has 1 N–H and O–H groups in total. The summed E-state index contributed by atoms with van der Waals surface area (Å²) in [6, 6.07) is 12.2. The maximum Gasteiger partial charge on any atom is 0.166 e. The lowest BCUT2D eigenvalue weighted by Gasteiger charge is -2.24. The summed E-state index contributed by atoms with van der Waals surface area (Å²) in [5.41, 5.74) is 3.59. The van der Waals surface area contributed by atoms with E-state index in [9.17, 15) is 4.79 Å². The monoisotopic (exact) mass is 308 g/mol. The highest BCUT2D eigenvalue weighted by atomic mass is 32.1. The lowest BCUT2D eigenvalue weighted by atomic mass is 9.85. The second kappa shape index (κ2) is 5.21. The van der Waals surface area contributed by atoms with E-state index in [1.54, 1.807) is 17.6 Å². The average molecular weight is 308 g/mol. The van der Waals surface area contributed by atoms with Crippen LogP contribution in [0.2, 0.25) is 0 Å². The summed E-state index contributed by atoms with van der Waals surface area (Å²) in [5.74, 6) is 0.456. The molecule has 3 nitrogen and oxygen atoms in total. The molecule has 0 spiro atoms. The molecule has 0 bridgehead atoms. The normalized spacial score (nSPS) is 20.2. The number of aryl methyl sites for hydroxylation is 1. The lowest BCUT2D eigenvalue weighted by molar-refractivity contribution is -0.115. The van der Waals surface area contributed by atoms with Crippen LogP contribution in [0.4, 0.5) is 11.4 Å². The Morgan fingerprint density at radius 2 is 2.05 bits per heavy atom. The summed E-state index contributed by atoms with van der Waals surface area (Å²) >= 11 is 1.79. The fourth-order valence-corrected chi connectivity index (χ4v) is 4.04. The molecular weight excluding hydrogens is 292 g/mol. The molecule has 0 saturated heterocycles. The topological polar surface area (TPSA) is 41.5 Å². The number of carbonyl (C=O) groups excluding carboxylic acids is 1. The number of anilines is 1. The van der Waals surface area contributed by atoms with Gasteiger partial charge in [0.25, 0.3) is 0 Å². The van der Waals surface area contributed by atoms with Crippen molar-refractivity contribution in [3.8, 4) is 0 Å². The van der Waals surface area contributed by atoms with Gasteiger partial charge in [-0.25, -0.2) is 0 Å². The second-order valence-electron chi connectivity index (χ2n) is 5.77. The highest BCUT2D eigenvalue weighted by molar-refractivity contribution is 7.12. The predicted octanol–water partition coefficient (Wildman–Crippen LogP) is 4.59. The molecule has 0 fully saturated rings. The van der Waals surface area contributed by atoms with Gasteiger partial charge in [0, 0.05) is 34.0 Å². The molecule has 0 saturated carbocycles. The minimum Gasteiger partial charge on any atom is -0.356 e. The van der Waals surface area contributed by atoms with E-state index in [1.807, 2.05) is 24.3 Å². The largest absolute Gasteiger partial charge is 0.356 e. The Morgan fingerprint density at radius 3 is 2.86 bits per heavy atom. The summed E-state index contributed by atoms with van der Waals surface area (Å²) in [6.45, 7) is 2.11. The first-order chi connectivity index (χ1) is 10.7. The van der Waals surface area contributed by atoms with E-state index >= 15 is 0 Å². The molecule has 2 aliphatic rings. The van der Waals surface area contributed by atoms with Crippen LogP contribution in [-0.2, 0) is 4.79 Å². The Morgan fingerprint density at radius 1 is 1.18 bits per heavy atom. The van der Waals surface area contributed by atoms with Crippen molar-refractivity contribution in [1.82, 2.24) is 0 Å². The molecule has 2 aromatic rings. The SMILES string of the molecule is Cc1ccc([C@H]2CC(=O)C3=C(C2)Nc2ccccc2N=C3)s1. The molecule has 4 heteroatoms. The molecule has 110 valence electrons. The van der Waals surface area contributed by atoms with Gasteiger partial charge in [0.15, 0.2) is 5.78 Å². The zero-order chi connectivity index (χ0) is 15.1. The minimum absolute atomic E-state index is 0.182. The first-order valence-corrected chi connectivity index (χ1v) is 8.25. The number of nitrogens with zero attached hydrogens (tertiary/aromatic N) is 1. The number of Topliss-reactive ketones (excluding diaryl/α,β-unsaturated/α-hetero) is 1. The number of nitrogens with one attached hydrogen (secondary N) is 1. The number of hydrogen-bond acceptors (Lipinski definition) is 4. The zero-order valence-electron chi connectivity index (χ0n) is 12.3.